The Morgan fingerprint density at radius 2 is 1.60 bits per heavy atom. The number of hydrogen-bond acceptors (Lipinski definition) is 7. The van der Waals surface area contributed by atoms with E-state index in [9.17, 15) is 4.79 Å². The fraction of sp³-hybridized carbons (Fsp3) is 0.147. The fourth-order valence-corrected chi connectivity index (χ4v) is 4.82. The van der Waals surface area contributed by atoms with E-state index in [0.29, 0.717) is 30.3 Å². The number of aryl methyl sites for hydroxylation is 2. The van der Waals surface area contributed by atoms with Crippen LogP contribution >= 0.6 is 11.3 Å². The Kier molecular flexibility index (Phi) is 9.26. The van der Waals surface area contributed by atoms with Gasteiger partial charge in [-0.15, -0.1) is 11.3 Å². The summed E-state index contributed by atoms with van der Waals surface area (Å²) in [7, 11) is 0. The lowest BCUT2D eigenvalue weighted by molar-refractivity contribution is 0.0955. The average Bonchev–Trinajstić information content (AvgIpc) is 3.47. The van der Waals surface area contributed by atoms with Gasteiger partial charge in [0.1, 0.15) is 6.61 Å². The van der Waals surface area contributed by atoms with Crippen molar-refractivity contribution in [3.05, 3.63) is 124 Å². The molecule has 212 valence electrons. The van der Waals surface area contributed by atoms with E-state index in [1.807, 2.05) is 66.9 Å². The van der Waals surface area contributed by atoms with Crippen molar-refractivity contribution in [2.24, 2.45) is 5.10 Å². The lowest BCUT2D eigenvalue weighted by Gasteiger charge is -2.12. The number of carbonyl (C=O) groups is 1. The highest BCUT2D eigenvalue weighted by Gasteiger charge is 2.09. The van der Waals surface area contributed by atoms with E-state index in [1.54, 1.807) is 18.3 Å². The summed E-state index contributed by atoms with van der Waals surface area (Å²) in [6.45, 7) is 6.98. The maximum atomic E-state index is 12.7. The molecular formula is C34H32N4O3S. The maximum absolute atomic E-state index is 12.7. The van der Waals surface area contributed by atoms with Crippen LogP contribution in [0, 0.1) is 13.8 Å². The van der Waals surface area contributed by atoms with Crippen LogP contribution in [0.15, 0.2) is 101 Å². The van der Waals surface area contributed by atoms with Gasteiger partial charge in [0.05, 0.1) is 18.5 Å². The van der Waals surface area contributed by atoms with Crippen LogP contribution in [0.3, 0.4) is 0 Å². The van der Waals surface area contributed by atoms with Gasteiger partial charge in [-0.2, -0.15) is 5.10 Å². The Bertz CT molecular complexity index is 1660. The molecule has 0 fully saturated rings. The predicted octanol–water partition coefficient (Wildman–Crippen LogP) is 7.91. The Balaban J connectivity index is 1.17. The van der Waals surface area contributed by atoms with Crippen LogP contribution in [-0.2, 0) is 6.61 Å². The van der Waals surface area contributed by atoms with Crippen LogP contribution in [0.4, 0.5) is 10.8 Å². The van der Waals surface area contributed by atoms with Crippen LogP contribution in [0.25, 0.3) is 11.3 Å². The van der Waals surface area contributed by atoms with Gasteiger partial charge in [-0.25, -0.2) is 10.4 Å². The summed E-state index contributed by atoms with van der Waals surface area (Å²) in [6, 6.07) is 29.2. The number of hydrogen-bond donors (Lipinski definition) is 2. The van der Waals surface area contributed by atoms with E-state index >= 15 is 0 Å². The van der Waals surface area contributed by atoms with E-state index in [4.69, 9.17) is 9.47 Å². The summed E-state index contributed by atoms with van der Waals surface area (Å²) >= 11 is 1.53. The first-order chi connectivity index (χ1) is 20.5. The van der Waals surface area contributed by atoms with Crippen molar-refractivity contribution >= 4 is 34.3 Å². The van der Waals surface area contributed by atoms with Crippen molar-refractivity contribution in [2.75, 3.05) is 11.9 Å². The number of amides is 1. The number of aromatic nitrogens is 1. The minimum atomic E-state index is -0.305. The van der Waals surface area contributed by atoms with Gasteiger partial charge in [0, 0.05) is 22.2 Å². The molecule has 1 aromatic heterocycles. The van der Waals surface area contributed by atoms with Crippen molar-refractivity contribution < 1.29 is 14.3 Å². The van der Waals surface area contributed by atoms with Crippen LogP contribution in [-0.4, -0.2) is 23.7 Å². The van der Waals surface area contributed by atoms with Gasteiger partial charge in [0.25, 0.3) is 5.91 Å². The van der Waals surface area contributed by atoms with Gasteiger partial charge in [0.2, 0.25) is 0 Å². The van der Waals surface area contributed by atoms with Gasteiger partial charge in [-0.05, 0) is 74.4 Å². The van der Waals surface area contributed by atoms with Crippen molar-refractivity contribution in [1.82, 2.24) is 10.4 Å². The zero-order valence-electron chi connectivity index (χ0n) is 23.8. The molecule has 0 saturated heterocycles. The van der Waals surface area contributed by atoms with E-state index in [1.165, 1.54) is 22.5 Å². The summed E-state index contributed by atoms with van der Waals surface area (Å²) in [5.41, 5.74) is 10.1. The largest absolute Gasteiger partial charge is 0.490 e. The molecule has 7 nitrogen and oxygen atoms in total. The molecule has 0 aliphatic rings. The number of anilines is 2. The highest BCUT2D eigenvalue weighted by atomic mass is 32.1. The molecule has 2 N–H and O–H groups in total. The van der Waals surface area contributed by atoms with Crippen LogP contribution in [0.5, 0.6) is 11.5 Å². The highest BCUT2D eigenvalue weighted by Crippen LogP contribution is 2.29. The number of thiazole rings is 1. The molecule has 0 aliphatic heterocycles. The average molecular weight is 577 g/mol. The van der Waals surface area contributed by atoms with Crippen molar-refractivity contribution in [3.8, 4) is 22.8 Å². The molecule has 1 heterocycles. The normalized spacial score (nSPS) is 10.9. The zero-order valence-corrected chi connectivity index (χ0v) is 24.6. The van der Waals surface area contributed by atoms with Crippen molar-refractivity contribution in [1.29, 1.82) is 0 Å². The molecule has 0 radical (unpaired) electrons. The van der Waals surface area contributed by atoms with Gasteiger partial charge < -0.3 is 14.8 Å². The second-order valence-corrected chi connectivity index (χ2v) is 10.6. The fourth-order valence-electron chi connectivity index (χ4n) is 4.08. The monoisotopic (exact) mass is 576 g/mol. The van der Waals surface area contributed by atoms with Crippen molar-refractivity contribution in [2.45, 2.75) is 27.4 Å². The molecule has 8 heteroatoms. The van der Waals surface area contributed by atoms with Crippen LogP contribution in [0.2, 0.25) is 0 Å². The van der Waals surface area contributed by atoms with Gasteiger partial charge in [-0.1, -0.05) is 59.7 Å². The Labute approximate surface area is 249 Å². The molecule has 4 aromatic carbocycles. The molecule has 0 unspecified atom stereocenters. The van der Waals surface area contributed by atoms with Gasteiger partial charge >= 0.3 is 0 Å². The minimum Gasteiger partial charge on any atom is -0.490 e. The molecule has 0 saturated carbocycles. The molecule has 0 spiro atoms. The third kappa shape index (κ3) is 7.62. The second-order valence-electron chi connectivity index (χ2n) is 9.72. The number of nitrogens with zero attached hydrogens (tertiary/aromatic N) is 2. The Morgan fingerprint density at radius 1 is 0.881 bits per heavy atom. The summed E-state index contributed by atoms with van der Waals surface area (Å²) < 4.78 is 11.8. The minimum absolute atomic E-state index is 0.305. The topological polar surface area (TPSA) is 84.8 Å². The summed E-state index contributed by atoms with van der Waals surface area (Å²) in [4.78, 5) is 17.4. The number of rotatable bonds is 11. The summed E-state index contributed by atoms with van der Waals surface area (Å²) in [5.74, 6) is 0.965. The molecule has 5 aromatic rings. The van der Waals surface area contributed by atoms with E-state index in [2.05, 4.69) is 58.9 Å². The number of carbonyl (C=O) groups excluding carboxylic acids is 1. The van der Waals surface area contributed by atoms with Gasteiger partial charge in [0.15, 0.2) is 16.6 Å². The molecule has 42 heavy (non-hydrogen) atoms. The first kappa shape index (κ1) is 28.6. The first-order valence-corrected chi connectivity index (χ1v) is 14.5. The molecule has 0 atom stereocenters. The molecular weight excluding hydrogens is 544 g/mol. The third-order valence-corrected chi connectivity index (χ3v) is 7.17. The molecule has 0 aliphatic carbocycles. The quantitative estimate of drug-likeness (QED) is 0.123. The number of nitrogens with one attached hydrogen (secondary N) is 2. The Morgan fingerprint density at radius 3 is 2.31 bits per heavy atom. The standard InChI is InChI=1S/C34H32N4O3S/c1-4-40-32-19-26(11-18-31(32)41-21-25-9-5-23(2)6-10-25)20-35-38-33(39)28-14-12-27(13-15-28)30-22-42-34(37-30)36-29-16-7-24(3)8-17-29/h5-20,22H,4,21H2,1-3H3,(H,36,37)(H,38,39)/b35-20-. The number of benzene rings is 4. The highest BCUT2D eigenvalue weighted by molar-refractivity contribution is 7.14. The number of ether oxygens (including phenoxy) is 2. The van der Waals surface area contributed by atoms with E-state index < -0.39 is 0 Å². The maximum Gasteiger partial charge on any atom is 0.271 e. The zero-order chi connectivity index (χ0) is 29.3. The lowest BCUT2D eigenvalue weighted by Crippen LogP contribution is -2.17. The van der Waals surface area contributed by atoms with Crippen molar-refractivity contribution in [3.63, 3.8) is 0 Å². The summed E-state index contributed by atoms with van der Waals surface area (Å²) in [5, 5.41) is 10.3. The predicted molar refractivity (Wildman–Crippen MR) is 170 cm³/mol. The van der Waals surface area contributed by atoms with E-state index in [0.717, 1.165) is 33.2 Å². The van der Waals surface area contributed by atoms with Crippen LogP contribution < -0.4 is 20.2 Å². The Hall–Kier alpha value is -4.95. The SMILES string of the molecule is CCOc1cc(/C=N\NC(=O)c2ccc(-c3csc(Nc4ccc(C)cc4)n3)cc2)ccc1OCc1ccc(C)cc1. The summed E-state index contributed by atoms with van der Waals surface area (Å²) in [6.07, 6.45) is 1.58. The van der Waals surface area contributed by atoms with Crippen LogP contribution in [0.1, 0.15) is 39.5 Å². The first-order valence-electron chi connectivity index (χ1n) is 13.6. The second kappa shape index (κ2) is 13.6. The molecule has 1 amide bonds. The lowest BCUT2D eigenvalue weighted by atomic mass is 10.1. The van der Waals surface area contributed by atoms with E-state index in [-0.39, 0.29) is 5.91 Å². The molecule has 5 rings (SSSR count). The van der Waals surface area contributed by atoms with Gasteiger partial charge in [-0.3, -0.25) is 4.79 Å². The number of hydrazone groups is 1. The molecule has 0 bridgehead atoms. The smallest absolute Gasteiger partial charge is 0.271 e. The third-order valence-electron chi connectivity index (χ3n) is 6.41.